The van der Waals surface area contributed by atoms with Crippen LogP contribution in [0.3, 0.4) is 0 Å². The second-order valence-corrected chi connectivity index (χ2v) is 4.93. The van der Waals surface area contributed by atoms with Crippen molar-refractivity contribution in [3.05, 3.63) is 23.1 Å². The Kier molecular flexibility index (Phi) is 4.22. The molecule has 1 rings (SSSR count). The summed E-state index contributed by atoms with van der Waals surface area (Å²) in [6, 6.07) is 0. The lowest BCUT2D eigenvalue weighted by atomic mass is 10.0. The number of hydrogen-bond acceptors (Lipinski definition) is 2. The van der Waals surface area contributed by atoms with Gasteiger partial charge in [-0.25, -0.2) is 0 Å². The van der Waals surface area contributed by atoms with E-state index >= 15 is 0 Å². The van der Waals surface area contributed by atoms with Crippen LogP contribution in [0.4, 0.5) is 0 Å². The smallest absolute Gasteiger partial charge is 0.0878 e. The summed E-state index contributed by atoms with van der Waals surface area (Å²) in [7, 11) is 0. The van der Waals surface area contributed by atoms with Crippen LogP contribution in [0.5, 0.6) is 0 Å². The van der Waals surface area contributed by atoms with Gasteiger partial charge >= 0.3 is 0 Å². The zero-order valence-corrected chi connectivity index (χ0v) is 11.2. The van der Waals surface area contributed by atoms with Gasteiger partial charge < -0.3 is 0 Å². The number of rotatable bonds is 2. The fraction of sp³-hybridized carbons (Fsp3) is 0.571. The Morgan fingerprint density at radius 3 is 1.38 bits per heavy atom. The highest BCUT2D eigenvalue weighted by Crippen LogP contribution is 2.07. The monoisotopic (exact) mass is 218 g/mol. The first-order valence-corrected chi connectivity index (χ1v) is 5.93. The minimum Gasteiger partial charge on any atom is -0.253 e. The van der Waals surface area contributed by atoms with Crippen molar-refractivity contribution >= 4 is 11.1 Å². The average molecular weight is 218 g/mol. The molecule has 0 saturated carbocycles. The van der Waals surface area contributed by atoms with E-state index in [4.69, 9.17) is 0 Å². The van der Waals surface area contributed by atoms with E-state index < -0.39 is 0 Å². The summed E-state index contributed by atoms with van der Waals surface area (Å²) < 4.78 is 0. The Morgan fingerprint density at radius 2 is 1.12 bits per heavy atom. The van der Waals surface area contributed by atoms with E-state index in [2.05, 4.69) is 51.5 Å². The maximum atomic E-state index is 4.48. The van der Waals surface area contributed by atoms with E-state index in [1.165, 1.54) is 11.1 Å². The molecule has 0 aromatic carbocycles. The molecule has 16 heavy (non-hydrogen) atoms. The quantitative estimate of drug-likeness (QED) is 0.760. The molecule has 0 aliphatic heterocycles. The molecule has 88 valence electrons. The summed E-state index contributed by atoms with van der Waals surface area (Å²) in [5.74, 6) is 1.02. The van der Waals surface area contributed by atoms with Crippen LogP contribution in [0.1, 0.15) is 41.5 Å². The molecule has 0 amide bonds. The van der Waals surface area contributed by atoms with E-state index in [9.17, 15) is 0 Å². The molecule has 1 aromatic rings. The molecule has 1 aromatic heterocycles. The molecule has 0 spiro atoms. The summed E-state index contributed by atoms with van der Waals surface area (Å²) in [5.41, 5.74) is 2.62. The van der Waals surface area contributed by atoms with Gasteiger partial charge in [-0.2, -0.15) is 0 Å². The van der Waals surface area contributed by atoms with Gasteiger partial charge in [0.2, 0.25) is 0 Å². The summed E-state index contributed by atoms with van der Waals surface area (Å²) in [5, 5.41) is 2.12. The molecule has 0 atom stereocenters. The third-order valence-corrected chi connectivity index (χ3v) is 3.18. The minimum atomic E-state index is 0.510. The van der Waals surface area contributed by atoms with Crippen LogP contribution in [0.2, 0.25) is 0 Å². The van der Waals surface area contributed by atoms with Gasteiger partial charge in [0.1, 0.15) is 0 Å². The maximum absolute atomic E-state index is 4.48. The minimum absolute atomic E-state index is 0.510. The Hall–Kier alpha value is -1.18. The molecule has 0 aliphatic rings. The molecular weight excluding hydrogens is 196 g/mol. The zero-order valence-electron chi connectivity index (χ0n) is 11.2. The van der Waals surface area contributed by atoms with Crippen LogP contribution in [-0.2, 0) is 0 Å². The Bertz CT molecular complexity index is 425. The zero-order chi connectivity index (χ0) is 12.3. The summed E-state index contributed by atoms with van der Waals surface area (Å²) in [6.45, 7) is 13.1. The van der Waals surface area contributed by atoms with Gasteiger partial charge in [-0.05, 0) is 36.8 Å². The summed E-state index contributed by atoms with van der Waals surface area (Å²) in [4.78, 5) is 8.97. The first-order valence-electron chi connectivity index (χ1n) is 5.93. The second-order valence-electron chi connectivity index (χ2n) is 4.93. The highest BCUT2D eigenvalue weighted by Gasteiger charge is 2.04. The highest BCUT2D eigenvalue weighted by molar-refractivity contribution is 5.47. The van der Waals surface area contributed by atoms with Crippen LogP contribution in [-0.4, -0.2) is 9.97 Å². The van der Waals surface area contributed by atoms with Gasteiger partial charge in [-0.3, -0.25) is 9.97 Å². The lowest BCUT2D eigenvalue weighted by molar-refractivity contribution is 0.815. The molecule has 1 heterocycles. The molecule has 0 aliphatic carbocycles. The molecule has 2 heteroatoms. The van der Waals surface area contributed by atoms with Gasteiger partial charge in [-0.15, -0.1) is 0 Å². The van der Waals surface area contributed by atoms with Gasteiger partial charge in [0.05, 0.1) is 10.7 Å². The van der Waals surface area contributed by atoms with E-state index in [1.54, 1.807) is 12.4 Å². The topological polar surface area (TPSA) is 25.8 Å². The van der Waals surface area contributed by atoms with Crippen LogP contribution in [0.15, 0.2) is 12.4 Å². The Balaban J connectivity index is 3.68. The molecule has 0 N–H and O–H groups in total. The van der Waals surface area contributed by atoms with E-state index in [0.29, 0.717) is 11.8 Å². The van der Waals surface area contributed by atoms with Crippen molar-refractivity contribution in [2.24, 2.45) is 11.8 Å². The van der Waals surface area contributed by atoms with Crippen molar-refractivity contribution in [2.75, 3.05) is 0 Å². The molecule has 0 fully saturated rings. The van der Waals surface area contributed by atoms with Crippen LogP contribution >= 0.6 is 0 Å². The largest absolute Gasteiger partial charge is 0.253 e. The predicted octanol–water partition coefficient (Wildman–Crippen LogP) is 2.13. The molecular formula is C14H22N2. The van der Waals surface area contributed by atoms with Crippen molar-refractivity contribution in [1.29, 1.82) is 0 Å². The SMILES string of the molecule is C/C(=c1/nccn/c1=C(/C)C(C)C)C(C)C. The van der Waals surface area contributed by atoms with Gasteiger partial charge in [0.15, 0.2) is 0 Å². The van der Waals surface area contributed by atoms with Crippen LogP contribution in [0, 0.1) is 11.8 Å². The van der Waals surface area contributed by atoms with Crippen LogP contribution in [0.25, 0.3) is 11.1 Å². The Labute approximate surface area is 98.1 Å². The second kappa shape index (κ2) is 5.24. The molecule has 0 saturated heterocycles. The number of nitrogens with zero attached hydrogens (tertiary/aromatic N) is 2. The van der Waals surface area contributed by atoms with Crippen molar-refractivity contribution in [1.82, 2.24) is 9.97 Å². The predicted molar refractivity (Wildman–Crippen MR) is 69.1 cm³/mol. The van der Waals surface area contributed by atoms with Crippen molar-refractivity contribution in [3.8, 4) is 0 Å². The lowest BCUT2D eigenvalue weighted by Crippen LogP contribution is -2.36. The summed E-state index contributed by atoms with van der Waals surface area (Å²) in [6.07, 6.45) is 3.55. The highest BCUT2D eigenvalue weighted by atomic mass is 14.8. The van der Waals surface area contributed by atoms with E-state index in [0.717, 1.165) is 10.7 Å². The first kappa shape index (κ1) is 12.9. The van der Waals surface area contributed by atoms with Gasteiger partial charge in [-0.1, -0.05) is 27.7 Å². The van der Waals surface area contributed by atoms with Gasteiger partial charge in [0, 0.05) is 12.4 Å². The number of hydrogen-bond donors (Lipinski definition) is 0. The molecule has 0 bridgehead atoms. The Morgan fingerprint density at radius 1 is 0.812 bits per heavy atom. The van der Waals surface area contributed by atoms with E-state index in [1.807, 2.05) is 0 Å². The lowest BCUT2D eigenvalue weighted by Gasteiger charge is -2.07. The maximum Gasteiger partial charge on any atom is 0.0878 e. The van der Waals surface area contributed by atoms with Crippen molar-refractivity contribution < 1.29 is 0 Å². The van der Waals surface area contributed by atoms with Crippen molar-refractivity contribution in [2.45, 2.75) is 41.5 Å². The van der Waals surface area contributed by atoms with Gasteiger partial charge in [0.25, 0.3) is 0 Å². The van der Waals surface area contributed by atoms with E-state index in [-0.39, 0.29) is 0 Å². The standard InChI is InChI=1S/C14H22N2/c1-9(2)11(5)13-14(12(6)10(3)4)16-8-7-15-13/h7-10H,1-6H3/b13-11-,14-12-. The first-order chi connectivity index (χ1) is 7.45. The molecule has 0 unspecified atom stereocenters. The fourth-order valence-corrected chi connectivity index (χ4v) is 1.46. The number of aromatic nitrogens is 2. The third kappa shape index (κ3) is 2.69. The van der Waals surface area contributed by atoms with Crippen LogP contribution < -0.4 is 10.7 Å². The summed E-state index contributed by atoms with van der Waals surface area (Å²) >= 11 is 0. The normalized spacial score (nSPS) is 15.5. The fourth-order valence-electron chi connectivity index (χ4n) is 1.46. The third-order valence-electron chi connectivity index (χ3n) is 3.18. The molecule has 2 nitrogen and oxygen atoms in total. The molecule has 0 radical (unpaired) electrons. The average Bonchev–Trinajstić information content (AvgIpc) is 2.26. The van der Waals surface area contributed by atoms with Crippen molar-refractivity contribution in [3.63, 3.8) is 0 Å².